The van der Waals surface area contributed by atoms with Gasteiger partial charge in [0, 0.05) is 12.2 Å². The number of hydrogen-bond acceptors (Lipinski definition) is 2. The van der Waals surface area contributed by atoms with Crippen molar-refractivity contribution in [3.05, 3.63) is 28.8 Å². The van der Waals surface area contributed by atoms with Gasteiger partial charge in [-0.15, -0.1) is 0 Å². The Hall–Kier alpha value is -1.55. The van der Waals surface area contributed by atoms with Crippen LogP contribution in [0.2, 0.25) is 0 Å². The number of anilines is 1. The number of aliphatic hydroxyl groups excluding tert-OH is 1. The normalized spacial score (nSPS) is 18.7. The Morgan fingerprint density at radius 2 is 2.00 bits per heavy atom. The van der Waals surface area contributed by atoms with Gasteiger partial charge >= 0.3 is 6.03 Å². The van der Waals surface area contributed by atoms with Crippen molar-refractivity contribution in [3.63, 3.8) is 0 Å². The molecule has 0 saturated carbocycles. The minimum absolute atomic E-state index is 0.0361. The summed E-state index contributed by atoms with van der Waals surface area (Å²) in [6.07, 6.45) is 1.85. The smallest absolute Gasteiger partial charge is 0.322 e. The van der Waals surface area contributed by atoms with Crippen molar-refractivity contribution in [3.8, 4) is 0 Å². The van der Waals surface area contributed by atoms with Crippen LogP contribution in [0.4, 0.5) is 10.5 Å². The molecular weight excluding hydrogens is 240 g/mol. The Labute approximate surface area is 114 Å². The van der Waals surface area contributed by atoms with Crippen molar-refractivity contribution in [1.29, 1.82) is 0 Å². The monoisotopic (exact) mass is 262 g/mol. The Kier molecular flexibility index (Phi) is 4.10. The molecule has 19 heavy (non-hydrogen) atoms. The van der Waals surface area contributed by atoms with E-state index in [-0.39, 0.29) is 18.7 Å². The zero-order valence-electron chi connectivity index (χ0n) is 11.9. The molecule has 0 aromatic heterocycles. The van der Waals surface area contributed by atoms with Gasteiger partial charge in [0.15, 0.2) is 0 Å². The minimum Gasteiger partial charge on any atom is -0.394 e. The van der Waals surface area contributed by atoms with Crippen LogP contribution in [0.5, 0.6) is 0 Å². The zero-order valence-corrected chi connectivity index (χ0v) is 11.9. The molecule has 1 aromatic carbocycles. The van der Waals surface area contributed by atoms with Crippen LogP contribution in [0.1, 0.15) is 29.5 Å². The van der Waals surface area contributed by atoms with Crippen LogP contribution in [-0.2, 0) is 0 Å². The number of aliphatic hydroxyl groups is 1. The van der Waals surface area contributed by atoms with Crippen LogP contribution in [0, 0.1) is 20.8 Å². The maximum Gasteiger partial charge on any atom is 0.322 e. The number of likely N-dealkylation sites (tertiary alicyclic amines) is 1. The maximum atomic E-state index is 12.3. The summed E-state index contributed by atoms with van der Waals surface area (Å²) in [5.41, 5.74) is 4.23. The van der Waals surface area contributed by atoms with Gasteiger partial charge in [0.2, 0.25) is 0 Å². The summed E-state index contributed by atoms with van der Waals surface area (Å²) in [6.45, 7) is 6.82. The summed E-state index contributed by atoms with van der Waals surface area (Å²) in [5, 5.41) is 12.3. The zero-order chi connectivity index (χ0) is 14.0. The standard InChI is InChI=1S/C15H22N2O2/c1-10-7-11(2)14(12(3)8-10)16-15(19)17-6-4-5-13(17)9-18/h7-8,13,18H,4-6,9H2,1-3H3,(H,16,19)/t13-/m1/s1. The molecule has 0 spiro atoms. The quantitative estimate of drug-likeness (QED) is 0.860. The topological polar surface area (TPSA) is 52.6 Å². The lowest BCUT2D eigenvalue weighted by Gasteiger charge is -2.24. The van der Waals surface area contributed by atoms with Gasteiger partial charge in [-0.3, -0.25) is 0 Å². The predicted octanol–water partition coefficient (Wildman–Crippen LogP) is 2.60. The molecule has 1 atom stereocenters. The fourth-order valence-electron chi connectivity index (χ4n) is 2.85. The van der Waals surface area contributed by atoms with Gasteiger partial charge < -0.3 is 15.3 Å². The van der Waals surface area contributed by atoms with Crippen LogP contribution in [-0.4, -0.2) is 35.2 Å². The van der Waals surface area contributed by atoms with Crippen molar-refractivity contribution in [2.45, 2.75) is 39.7 Å². The minimum atomic E-state index is -0.105. The van der Waals surface area contributed by atoms with E-state index in [4.69, 9.17) is 0 Å². The maximum absolute atomic E-state index is 12.3. The van der Waals surface area contributed by atoms with Crippen molar-refractivity contribution >= 4 is 11.7 Å². The highest BCUT2D eigenvalue weighted by molar-refractivity contribution is 5.91. The number of carbonyl (C=O) groups is 1. The number of benzene rings is 1. The largest absolute Gasteiger partial charge is 0.394 e. The summed E-state index contributed by atoms with van der Waals surface area (Å²) >= 11 is 0. The number of aryl methyl sites for hydroxylation is 3. The third kappa shape index (κ3) is 2.89. The van der Waals surface area contributed by atoms with E-state index in [1.165, 1.54) is 5.56 Å². The fraction of sp³-hybridized carbons (Fsp3) is 0.533. The molecule has 0 aliphatic carbocycles. The predicted molar refractivity (Wildman–Crippen MR) is 76.5 cm³/mol. The van der Waals surface area contributed by atoms with E-state index in [0.717, 1.165) is 36.2 Å². The summed E-state index contributed by atoms with van der Waals surface area (Å²) in [7, 11) is 0. The summed E-state index contributed by atoms with van der Waals surface area (Å²) in [6, 6.07) is 3.99. The molecule has 4 heteroatoms. The van der Waals surface area contributed by atoms with Crippen molar-refractivity contribution in [1.82, 2.24) is 4.90 Å². The summed E-state index contributed by atoms with van der Waals surface area (Å²) < 4.78 is 0. The molecule has 1 fully saturated rings. The van der Waals surface area contributed by atoms with Crippen LogP contribution in [0.25, 0.3) is 0 Å². The molecule has 2 rings (SSSR count). The van der Waals surface area contributed by atoms with E-state index in [1.807, 2.05) is 20.8 Å². The average molecular weight is 262 g/mol. The second-order valence-electron chi connectivity index (χ2n) is 5.38. The lowest BCUT2D eigenvalue weighted by Crippen LogP contribution is -2.40. The molecule has 0 unspecified atom stereocenters. The first kappa shape index (κ1) is 13.9. The highest BCUT2D eigenvalue weighted by Crippen LogP contribution is 2.24. The first-order chi connectivity index (χ1) is 9.02. The summed E-state index contributed by atoms with van der Waals surface area (Å²) in [5.74, 6) is 0. The van der Waals surface area contributed by atoms with Crippen LogP contribution >= 0.6 is 0 Å². The second-order valence-corrected chi connectivity index (χ2v) is 5.38. The molecule has 1 saturated heterocycles. The van der Waals surface area contributed by atoms with Crippen LogP contribution in [0.3, 0.4) is 0 Å². The molecule has 0 radical (unpaired) electrons. The van der Waals surface area contributed by atoms with Crippen LogP contribution in [0.15, 0.2) is 12.1 Å². The Morgan fingerprint density at radius 1 is 1.37 bits per heavy atom. The van der Waals surface area contributed by atoms with E-state index >= 15 is 0 Å². The molecular formula is C15H22N2O2. The van der Waals surface area contributed by atoms with Gasteiger partial charge in [0.1, 0.15) is 0 Å². The van der Waals surface area contributed by atoms with Gasteiger partial charge in [-0.1, -0.05) is 17.7 Å². The van der Waals surface area contributed by atoms with Crippen LogP contribution < -0.4 is 5.32 Å². The lowest BCUT2D eigenvalue weighted by molar-refractivity contribution is 0.166. The summed E-state index contributed by atoms with van der Waals surface area (Å²) in [4.78, 5) is 14.0. The van der Waals surface area contributed by atoms with Gasteiger partial charge in [-0.2, -0.15) is 0 Å². The molecule has 0 bridgehead atoms. The molecule has 1 heterocycles. The number of rotatable bonds is 2. The molecule has 4 nitrogen and oxygen atoms in total. The third-order valence-corrected chi connectivity index (χ3v) is 3.76. The number of carbonyl (C=O) groups excluding carboxylic acids is 1. The van der Waals surface area contributed by atoms with Gasteiger partial charge in [0.25, 0.3) is 0 Å². The number of urea groups is 1. The molecule has 104 valence electrons. The second kappa shape index (κ2) is 5.61. The van der Waals surface area contributed by atoms with Gasteiger partial charge in [-0.25, -0.2) is 4.79 Å². The van der Waals surface area contributed by atoms with E-state index in [9.17, 15) is 9.90 Å². The molecule has 1 aliphatic heterocycles. The van der Waals surface area contributed by atoms with Gasteiger partial charge in [0.05, 0.1) is 12.6 Å². The number of hydrogen-bond donors (Lipinski definition) is 2. The number of nitrogens with zero attached hydrogens (tertiary/aromatic N) is 1. The Bertz CT molecular complexity index is 462. The third-order valence-electron chi connectivity index (χ3n) is 3.76. The fourth-order valence-corrected chi connectivity index (χ4v) is 2.85. The first-order valence-corrected chi connectivity index (χ1v) is 6.79. The lowest BCUT2D eigenvalue weighted by atomic mass is 10.1. The molecule has 1 aromatic rings. The highest BCUT2D eigenvalue weighted by Gasteiger charge is 2.28. The van der Waals surface area contributed by atoms with E-state index < -0.39 is 0 Å². The van der Waals surface area contributed by atoms with E-state index in [0.29, 0.717) is 0 Å². The Morgan fingerprint density at radius 3 is 2.58 bits per heavy atom. The number of amides is 2. The first-order valence-electron chi connectivity index (χ1n) is 6.79. The van der Waals surface area contributed by atoms with Crippen molar-refractivity contribution < 1.29 is 9.90 Å². The number of nitrogens with one attached hydrogen (secondary N) is 1. The SMILES string of the molecule is Cc1cc(C)c(NC(=O)N2CCC[C@@H]2CO)c(C)c1. The average Bonchev–Trinajstić information content (AvgIpc) is 2.81. The molecule has 2 amide bonds. The molecule has 2 N–H and O–H groups in total. The van der Waals surface area contributed by atoms with Gasteiger partial charge in [-0.05, 0) is 44.7 Å². The van der Waals surface area contributed by atoms with E-state index in [2.05, 4.69) is 17.4 Å². The van der Waals surface area contributed by atoms with Crippen molar-refractivity contribution in [2.24, 2.45) is 0 Å². The Balaban J connectivity index is 2.15. The van der Waals surface area contributed by atoms with E-state index in [1.54, 1.807) is 4.90 Å². The molecule has 1 aliphatic rings. The van der Waals surface area contributed by atoms with Crippen molar-refractivity contribution in [2.75, 3.05) is 18.5 Å². The highest BCUT2D eigenvalue weighted by atomic mass is 16.3.